The van der Waals surface area contributed by atoms with E-state index in [4.69, 9.17) is 16.3 Å². The number of halogens is 1. The second-order valence-electron chi connectivity index (χ2n) is 5.07. The number of benzene rings is 2. The molecule has 0 bridgehead atoms. The van der Waals surface area contributed by atoms with Crippen LogP contribution in [0.4, 0.5) is 0 Å². The topological polar surface area (TPSA) is 29.5 Å². The Morgan fingerprint density at radius 2 is 2.00 bits per heavy atom. The second kappa shape index (κ2) is 6.96. The molecule has 0 heterocycles. The third kappa shape index (κ3) is 3.25. The van der Waals surface area contributed by atoms with Crippen molar-refractivity contribution in [2.24, 2.45) is 0 Å². The van der Waals surface area contributed by atoms with Crippen molar-refractivity contribution in [1.29, 1.82) is 0 Å². The van der Waals surface area contributed by atoms with Crippen LogP contribution in [-0.2, 0) is 0 Å². The van der Waals surface area contributed by atoms with Crippen molar-refractivity contribution in [2.45, 2.75) is 38.7 Å². The van der Waals surface area contributed by atoms with Gasteiger partial charge in [-0.3, -0.25) is 0 Å². The lowest BCUT2D eigenvalue weighted by molar-refractivity contribution is 0.164. The van der Waals surface area contributed by atoms with Gasteiger partial charge in [0, 0.05) is 5.39 Å². The van der Waals surface area contributed by atoms with Crippen LogP contribution in [0, 0.1) is 0 Å². The normalized spacial score (nSPS) is 12.6. The zero-order chi connectivity index (χ0) is 14.5. The van der Waals surface area contributed by atoms with Gasteiger partial charge in [-0.2, -0.15) is 0 Å². The Kier molecular flexibility index (Phi) is 5.27. The van der Waals surface area contributed by atoms with E-state index in [-0.39, 0.29) is 0 Å². The van der Waals surface area contributed by atoms with Crippen molar-refractivity contribution in [1.82, 2.24) is 0 Å². The van der Waals surface area contributed by atoms with E-state index in [1.165, 1.54) is 6.42 Å². The van der Waals surface area contributed by atoms with Gasteiger partial charge in [0.05, 0.1) is 18.2 Å². The smallest absolute Gasteiger partial charge is 0.138 e. The summed E-state index contributed by atoms with van der Waals surface area (Å²) < 4.78 is 5.21. The van der Waals surface area contributed by atoms with Crippen LogP contribution in [-0.4, -0.2) is 12.2 Å². The molecule has 0 spiro atoms. The Labute approximate surface area is 125 Å². The van der Waals surface area contributed by atoms with Gasteiger partial charge < -0.3 is 9.84 Å². The number of aliphatic hydroxyl groups is 1. The predicted octanol–water partition coefficient (Wildman–Crippen LogP) is 5.12. The molecule has 2 nitrogen and oxygen atoms in total. The summed E-state index contributed by atoms with van der Waals surface area (Å²) >= 11 is 6.29. The van der Waals surface area contributed by atoms with E-state index < -0.39 is 6.10 Å². The van der Waals surface area contributed by atoms with Crippen LogP contribution in [0.1, 0.15) is 44.3 Å². The molecule has 0 saturated heterocycles. The molecule has 0 aliphatic heterocycles. The van der Waals surface area contributed by atoms with Crippen LogP contribution in [0.2, 0.25) is 5.02 Å². The summed E-state index contributed by atoms with van der Waals surface area (Å²) in [6, 6.07) is 9.75. The summed E-state index contributed by atoms with van der Waals surface area (Å²) in [4.78, 5) is 0. The molecule has 108 valence electrons. The van der Waals surface area contributed by atoms with E-state index in [0.717, 1.165) is 35.6 Å². The number of methoxy groups -OCH3 is 1. The van der Waals surface area contributed by atoms with E-state index in [2.05, 4.69) is 6.92 Å². The van der Waals surface area contributed by atoms with Gasteiger partial charge in [0.15, 0.2) is 0 Å². The number of ether oxygens (including phenoxy) is 1. The van der Waals surface area contributed by atoms with E-state index in [9.17, 15) is 5.11 Å². The molecule has 2 aromatic carbocycles. The maximum Gasteiger partial charge on any atom is 0.138 e. The van der Waals surface area contributed by atoms with E-state index in [0.29, 0.717) is 10.8 Å². The average Bonchev–Trinajstić information content (AvgIpc) is 2.47. The Balaban J connectivity index is 2.25. The van der Waals surface area contributed by atoms with Gasteiger partial charge >= 0.3 is 0 Å². The molecule has 0 amide bonds. The van der Waals surface area contributed by atoms with Crippen LogP contribution in [0.15, 0.2) is 30.3 Å². The Hall–Kier alpha value is -1.25. The zero-order valence-electron chi connectivity index (χ0n) is 12.0. The molecule has 1 N–H and O–H groups in total. The maximum absolute atomic E-state index is 10.2. The maximum atomic E-state index is 10.2. The minimum Gasteiger partial charge on any atom is -0.495 e. The lowest BCUT2D eigenvalue weighted by Gasteiger charge is -2.13. The third-order valence-corrected chi connectivity index (χ3v) is 4.02. The number of unbranched alkanes of at least 4 members (excludes halogenated alkanes) is 2. The largest absolute Gasteiger partial charge is 0.495 e. The summed E-state index contributed by atoms with van der Waals surface area (Å²) in [7, 11) is 1.61. The Bertz CT molecular complexity index is 580. The molecule has 20 heavy (non-hydrogen) atoms. The van der Waals surface area contributed by atoms with Crippen LogP contribution in [0.25, 0.3) is 10.8 Å². The molecule has 0 aliphatic carbocycles. The molecule has 1 unspecified atom stereocenters. The van der Waals surface area contributed by atoms with Gasteiger partial charge in [0.25, 0.3) is 0 Å². The molecule has 3 heteroatoms. The molecule has 2 aromatic rings. The van der Waals surface area contributed by atoms with Gasteiger partial charge in [-0.15, -0.1) is 0 Å². The first-order valence-corrected chi connectivity index (χ1v) is 7.49. The van der Waals surface area contributed by atoms with Gasteiger partial charge in [-0.05, 0) is 29.5 Å². The summed E-state index contributed by atoms with van der Waals surface area (Å²) in [6.45, 7) is 2.16. The molecule has 0 aromatic heterocycles. The Morgan fingerprint density at radius 1 is 1.20 bits per heavy atom. The molecular weight excluding hydrogens is 272 g/mol. The van der Waals surface area contributed by atoms with E-state index in [1.54, 1.807) is 7.11 Å². The second-order valence-corrected chi connectivity index (χ2v) is 5.45. The predicted molar refractivity (Wildman–Crippen MR) is 84.6 cm³/mol. The van der Waals surface area contributed by atoms with Crippen LogP contribution in [0.3, 0.4) is 0 Å². The number of rotatable bonds is 6. The molecule has 0 aliphatic rings. The number of hydrogen-bond donors (Lipinski definition) is 1. The van der Waals surface area contributed by atoms with Gasteiger partial charge in [0.2, 0.25) is 0 Å². The highest BCUT2D eigenvalue weighted by Crippen LogP contribution is 2.34. The number of fused-ring (bicyclic) bond motifs is 1. The minimum atomic E-state index is -0.396. The van der Waals surface area contributed by atoms with Crippen LogP contribution < -0.4 is 4.74 Å². The monoisotopic (exact) mass is 292 g/mol. The first-order valence-electron chi connectivity index (χ1n) is 7.11. The fourth-order valence-corrected chi connectivity index (χ4v) is 2.72. The summed E-state index contributed by atoms with van der Waals surface area (Å²) in [6.07, 6.45) is 3.79. The van der Waals surface area contributed by atoms with Crippen molar-refractivity contribution in [2.75, 3.05) is 7.11 Å². The van der Waals surface area contributed by atoms with Crippen LogP contribution in [0.5, 0.6) is 5.75 Å². The molecule has 0 saturated carbocycles. The molecular formula is C17H21ClO2. The quantitative estimate of drug-likeness (QED) is 0.749. The van der Waals surface area contributed by atoms with Crippen molar-refractivity contribution >= 4 is 22.4 Å². The Morgan fingerprint density at radius 3 is 2.70 bits per heavy atom. The molecule has 0 radical (unpaired) electrons. The van der Waals surface area contributed by atoms with E-state index in [1.807, 2.05) is 30.3 Å². The molecule has 1 atom stereocenters. The number of aliphatic hydroxyl groups excluding tert-OH is 1. The lowest BCUT2D eigenvalue weighted by Crippen LogP contribution is -1.97. The summed E-state index contributed by atoms with van der Waals surface area (Å²) in [5.74, 6) is 0.676. The van der Waals surface area contributed by atoms with Crippen molar-refractivity contribution in [3.63, 3.8) is 0 Å². The van der Waals surface area contributed by atoms with Crippen molar-refractivity contribution < 1.29 is 9.84 Å². The fourth-order valence-electron chi connectivity index (χ4n) is 2.41. The first kappa shape index (κ1) is 15.1. The van der Waals surface area contributed by atoms with Crippen LogP contribution >= 0.6 is 11.6 Å². The highest BCUT2D eigenvalue weighted by Gasteiger charge is 2.10. The molecule has 0 fully saturated rings. The van der Waals surface area contributed by atoms with E-state index >= 15 is 0 Å². The van der Waals surface area contributed by atoms with Gasteiger partial charge in [-0.1, -0.05) is 56.0 Å². The minimum absolute atomic E-state index is 0.396. The highest BCUT2D eigenvalue weighted by molar-refractivity contribution is 6.37. The lowest BCUT2D eigenvalue weighted by atomic mass is 9.99. The van der Waals surface area contributed by atoms with Gasteiger partial charge in [-0.25, -0.2) is 0 Å². The van der Waals surface area contributed by atoms with Gasteiger partial charge in [0.1, 0.15) is 5.75 Å². The average molecular weight is 293 g/mol. The standard InChI is InChI=1S/C17H21ClO2/c1-3-4-5-6-15(19)13-7-9-14-12(11-13)8-10-16(20-2)17(14)18/h7-11,15,19H,3-6H2,1-2H3. The number of hydrogen-bond acceptors (Lipinski definition) is 2. The zero-order valence-corrected chi connectivity index (χ0v) is 12.8. The highest BCUT2D eigenvalue weighted by atomic mass is 35.5. The summed E-state index contributed by atoms with van der Waals surface area (Å²) in [5.41, 5.74) is 0.954. The third-order valence-electron chi connectivity index (χ3n) is 3.63. The summed E-state index contributed by atoms with van der Waals surface area (Å²) in [5, 5.41) is 12.8. The SMILES string of the molecule is CCCCCC(O)c1ccc2c(Cl)c(OC)ccc2c1. The van der Waals surface area contributed by atoms with Crippen molar-refractivity contribution in [3.8, 4) is 5.75 Å². The fraction of sp³-hybridized carbons (Fsp3) is 0.412. The molecule has 2 rings (SSSR count). The first-order chi connectivity index (χ1) is 9.67. The van der Waals surface area contributed by atoms with Crippen molar-refractivity contribution in [3.05, 3.63) is 40.9 Å².